The van der Waals surface area contributed by atoms with Crippen molar-refractivity contribution in [3.8, 4) is 0 Å². The molecule has 1 fully saturated rings. The van der Waals surface area contributed by atoms with Crippen LogP contribution in [0.2, 0.25) is 0 Å². The van der Waals surface area contributed by atoms with Gasteiger partial charge >= 0.3 is 0 Å². The van der Waals surface area contributed by atoms with E-state index in [1.165, 1.54) is 11.8 Å². The number of ether oxygens (including phenoxy) is 1. The first-order valence-corrected chi connectivity index (χ1v) is 9.75. The molecule has 6 nitrogen and oxygen atoms in total. The number of rotatable bonds is 4. The average molecular weight is 355 g/mol. The smallest absolute Gasteiger partial charge is 0.268 e. The molecule has 23 heavy (non-hydrogen) atoms. The molecule has 3 rings (SSSR count). The van der Waals surface area contributed by atoms with Crippen LogP contribution >= 0.6 is 23.5 Å². The van der Waals surface area contributed by atoms with Crippen molar-refractivity contribution in [3.05, 3.63) is 16.0 Å². The highest BCUT2D eigenvalue weighted by Crippen LogP contribution is 2.34. The zero-order valence-corrected chi connectivity index (χ0v) is 15.0. The van der Waals surface area contributed by atoms with E-state index < -0.39 is 0 Å². The van der Waals surface area contributed by atoms with Crippen LogP contribution in [0.4, 0.5) is 0 Å². The van der Waals surface area contributed by atoms with E-state index in [9.17, 15) is 9.59 Å². The number of morpholine rings is 1. The van der Waals surface area contributed by atoms with Crippen molar-refractivity contribution in [1.82, 2.24) is 14.5 Å². The topological polar surface area (TPSA) is 64.4 Å². The maximum atomic E-state index is 12.6. The molecule has 0 aliphatic carbocycles. The van der Waals surface area contributed by atoms with Gasteiger partial charge in [0.05, 0.1) is 29.6 Å². The number of carbonyl (C=O) groups excluding carboxylic acids is 1. The lowest BCUT2D eigenvalue weighted by Crippen LogP contribution is -2.41. The van der Waals surface area contributed by atoms with Gasteiger partial charge in [-0.05, 0) is 6.92 Å². The Kier molecular flexibility index (Phi) is 5.33. The van der Waals surface area contributed by atoms with E-state index in [0.717, 1.165) is 17.0 Å². The van der Waals surface area contributed by atoms with Crippen LogP contribution in [0.5, 0.6) is 0 Å². The summed E-state index contributed by atoms with van der Waals surface area (Å²) in [7, 11) is 0. The molecule has 1 aromatic rings. The Bertz CT molecular complexity index is 656. The highest BCUT2D eigenvalue weighted by atomic mass is 32.2. The maximum absolute atomic E-state index is 12.6. The second kappa shape index (κ2) is 7.27. The van der Waals surface area contributed by atoms with Gasteiger partial charge < -0.3 is 9.64 Å². The number of nitrogens with zero attached hydrogens (tertiary/aromatic N) is 3. The van der Waals surface area contributed by atoms with E-state index in [1.54, 1.807) is 16.3 Å². The Morgan fingerprint density at radius 2 is 2.17 bits per heavy atom. The number of hydrogen-bond donors (Lipinski definition) is 0. The zero-order valence-electron chi connectivity index (χ0n) is 13.4. The van der Waals surface area contributed by atoms with E-state index in [2.05, 4.69) is 11.9 Å². The molecule has 0 N–H and O–H groups in total. The highest BCUT2D eigenvalue weighted by molar-refractivity contribution is 8.00. The van der Waals surface area contributed by atoms with Gasteiger partial charge in [0.1, 0.15) is 0 Å². The predicted molar refractivity (Wildman–Crippen MR) is 91.3 cm³/mol. The summed E-state index contributed by atoms with van der Waals surface area (Å²) in [5, 5.41) is 1.05. The Morgan fingerprint density at radius 3 is 2.87 bits per heavy atom. The number of thioether (sulfide) groups is 2. The molecule has 126 valence electrons. The maximum Gasteiger partial charge on any atom is 0.268 e. The molecule has 1 atom stereocenters. The molecule has 1 aromatic heterocycles. The van der Waals surface area contributed by atoms with E-state index >= 15 is 0 Å². The minimum atomic E-state index is 0.0353. The van der Waals surface area contributed by atoms with Gasteiger partial charge in [-0.1, -0.05) is 18.7 Å². The minimum Gasteiger partial charge on any atom is -0.378 e. The number of hydrogen-bond acceptors (Lipinski definition) is 6. The van der Waals surface area contributed by atoms with Gasteiger partial charge in [-0.2, -0.15) is 0 Å². The van der Waals surface area contributed by atoms with E-state index in [4.69, 9.17) is 4.74 Å². The molecule has 0 saturated carbocycles. The third-order valence-corrected chi connectivity index (χ3v) is 6.14. The number of aromatic nitrogens is 2. The molecule has 3 heterocycles. The summed E-state index contributed by atoms with van der Waals surface area (Å²) in [4.78, 5) is 32.1. The van der Waals surface area contributed by atoms with Gasteiger partial charge in [0.25, 0.3) is 5.56 Å². The number of fused-ring (bicyclic) bond motifs is 1. The third kappa shape index (κ3) is 3.59. The summed E-state index contributed by atoms with van der Waals surface area (Å²) in [6, 6.07) is 0. The van der Waals surface area contributed by atoms with Crippen LogP contribution in [0.3, 0.4) is 0 Å². The van der Waals surface area contributed by atoms with Crippen molar-refractivity contribution in [2.45, 2.75) is 42.1 Å². The van der Waals surface area contributed by atoms with Gasteiger partial charge in [0, 0.05) is 31.3 Å². The van der Waals surface area contributed by atoms with Crippen molar-refractivity contribution >= 4 is 29.4 Å². The summed E-state index contributed by atoms with van der Waals surface area (Å²) in [5.74, 6) is 0.395. The molecule has 2 aliphatic heterocycles. The largest absolute Gasteiger partial charge is 0.378 e. The molecule has 1 amide bonds. The van der Waals surface area contributed by atoms with E-state index in [0.29, 0.717) is 49.0 Å². The van der Waals surface area contributed by atoms with Crippen molar-refractivity contribution < 1.29 is 9.53 Å². The van der Waals surface area contributed by atoms with Crippen molar-refractivity contribution in [3.63, 3.8) is 0 Å². The quantitative estimate of drug-likeness (QED) is 0.598. The third-order valence-electron chi connectivity index (χ3n) is 3.97. The van der Waals surface area contributed by atoms with E-state index in [-0.39, 0.29) is 11.5 Å². The molecular formula is C15H21N3O3S2. The van der Waals surface area contributed by atoms with Crippen LogP contribution in [-0.4, -0.2) is 57.7 Å². The molecule has 0 radical (unpaired) electrons. The number of carbonyl (C=O) groups is 1. The summed E-state index contributed by atoms with van der Waals surface area (Å²) in [5.41, 5.74) is 0.923. The summed E-state index contributed by atoms with van der Waals surface area (Å²) >= 11 is 2.97. The molecule has 0 bridgehead atoms. The van der Waals surface area contributed by atoms with Crippen LogP contribution in [0.15, 0.2) is 14.8 Å². The first-order chi connectivity index (χ1) is 11.1. The van der Waals surface area contributed by atoms with Crippen LogP contribution in [0, 0.1) is 0 Å². The molecule has 0 spiro atoms. The standard InChI is InChI=1S/C15H21N3O3S2/c1-3-18-14(20)13-11(8-10(2)23-13)16-15(18)22-9-12(19)17-4-6-21-7-5-17/h10H,3-9H2,1-2H3/t10-/m0/s1. The molecule has 1 saturated heterocycles. The normalized spacial score (nSPS) is 20.6. The lowest BCUT2D eigenvalue weighted by Gasteiger charge is -2.26. The molecular weight excluding hydrogens is 334 g/mol. The monoisotopic (exact) mass is 355 g/mol. The predicted octanol–water partition coefficient (Wildman–Crippen LogP) is 1.25. The second-order valence-electron chi connectivity index (χ2n) is 5.63. The Labute approximate surface area is 144 Å². The highest BCUT2D eigenvalue weighted by Gasteiger charge is 2.26. The van der Waals surface area contributed by atoms with Crippen molar-refractivity contribution in [1.29, 1.82) is 0 Å². The Morgan fingerprint density at radius 1 is 1.43 bits per heavy atom. The molecule has 8 heteroatoms. The van der Waals surface area contributed by atoms with Gasteiger partial charge in [-0.15, -0.1) is 11.8 Å². The average Bonchev–Trinajstić information content (AvgIpc) is 2.94. The van der Waals surface area contributed by atoms with Gasteiger partial charge in [0.15, 0.2) is 5.16 Å². The fraction of sp³-hybridized carbons (Fsp3) is 0.667. The Hall–Kier alpha value is -0.990. The lowest BCUT2D eigenvalue weighted by atomic mass is 10.2. The van der Waals surface area contributed by atoms with Crippen LogP contribution < -0.4 is 5.56 Å². The van der Waals surface area contributed by atoms with Crippen LogP contribution in [-0.2, 0) is 22.5 Å². The molecule has 0 aromatic carbocycles. The van der Waals surface area contributed by atoms with Gasteiger partial charge in [-0.3, -0.25) is 14.2 Å². The minimum absolute atomic E-state index is 0.0353. The summed E-state index contributed by atoms with van der Waals surface area (Å²) in [6.45, 7) is 7.10. The lowest BCUT2D eigenvalue weighted by molar-refractivity contribution is -0.132. The van der Waals surface area contributed by atoms with Gasteiger partial charge in [-0.25, -0.2) is 4.98 Å². The second-order valence-corrected chi connectivity index (χ2v) is 8.03. The zero-order chi connectivity index (χ0) is 16.4. The van der Waals surface area contributed by atoms with Crippen LogP contribution in [0.1, 0.15) is 19.5 Å². The SMILES string of the molecule is CCn1c(SCC(=O)N2CCOCC2)nc2c(c1=O)S[C@@H](C)C2. The summed E-state index contributed by atoms with van der Waals surface area (Å²) in [6.07, 6.45) is 0.824. The van der Waals surface area contributed by atoms with E-state index in [1.807, 2.05) is 11.8 Å². The summed E-state index contributed by atoms with van der Waals surface area (Å²) < 4.78 is 6.95. The fourth-order valence-corrected chi connectivity index (χ4v) is 4.85. The van der Waals surface area contributed by atoms with Crippen molar-refractivity contribution in [2.75, 3.05) is 32.1 Å². The van der Waals surface area contributed by atoms with Crippen LogP contribution in [0.25, 0.3) is 0 Å². The first-order valence-electron chi connectivity index (χ1n) is 7.88. The van der Waals surface area contributed by atoms with Gasteiger partial charge in [0.2, 0.25) is 5.91 Å². The molecule has 2 aliphatic rings. The number of amides is 1. The Balaban J connectivity index is 1.75. The fourth-order valence-electron chi connectivity index (χ4n) is 2.75. The molecule has 0 unspecified atom stereocenters. The van der Waals surface area contributed by atoms with Crippen molar-refractivity contribution in [2.24, 2.45) is 0 Å². The first kappa shape index (κ1) is 16.9.